The number of ether oxygens (including phenoxy) is 2. The number of rotatable bonds is 10. The Morgan fingerprint density at radius 1 is 0.882 bits per heavy atom. The Bertz CT molecular complexity index is 1230. The zero-order valence-corrected chi connectivity index (χ0v) is 19.6. The Balaban J connectivity index is 1.40. The zero-order chi connectivity index (χ0) is 23.8. The van der Waals surface area contributed by atoms with Crippen LogP contribution in [-0.2, 0) is 17.8 Å². The molecule has 4 rings (SSSR count). The highest BCUT2D eigenvalue weighted by Crippen LogP contribution is 2.28. The molecule has 0 bridgehead atoms. The number of nitrogens with one attached hydrogen (secondary N) is 2. The minimum atomic E-state index is -0.185. The summed E-state index contributed by atoms with van der Waals surface area (Å²) in [6.07, 6.45) is 0.907. The number of carbonyl (C=O) groups is 1. The molecule has 34 heavy (non-hydrogen) atoms. The maximum Gasteiger partial charge on any atom is 0.262 e. The molecule has 5 heteroatoms. The second-order valence-electron chi connectivity index (χ2n) is 8.24. The molecule has 0 spiro atoms. The molecular weight excluding hydrogens is 424 g/mol. The smallest absolute Gasteiger partial charge is 0.262 e. The molecule has 4 aromatic carbocycles. The van der Waals surface area contributed by atoms with Crippen LogP contribution in [-0.4, -0.2) is 26.2 Å². The highest BCUT2D eigenvalue weighted by atomic mass is 16.5. The van der Waals surface area contributed by atoms with Gasteiger partial charge in [0, 0.05) is 17.8 Å². The van der Waals surface area contributed by atoms with E-state index in [1.807, 2.05) is 67.6 Å². The second kappa shape index (κ2) is 11.3. The molecule has 0 aliphatic carbocycles. The van der Waals surface area contributed by atoms with Gasteiger partial charge in [-0.25, -0.2) is 0 Å². The molecule has 1 amide bonds. The summed E-state index contributed by atoms with van der Waals surface area (Å²) in [7, 11) is 1.67. The summed E-state index contributed by atoms with van der Waals surface area (Å²) in [4.78, 5) is 12.4. The third kappa shape index (κ3) is 6.15. The number of hydrogen-bond acceptors (Lipinski definition) is 4. The van der Waals surface area contributed by atoms with E-state index < -0.39 is 0 Å². The Labute approximate surface area is 200 Å². The first-order chi connectivity index (χ1) is 16.6. The number of aryl methyl sites for hydroxylation is 1. The van der Waals surface area contributed by atoms with Crippen LogP contribution in [0.15, 0.2) is 84.9 Å². The van der Waals surface area contributed by atoms with Gasteiger partial charge in [0.2, 0.25) is 0 Å². The Hall–Kier alpha value is -3.83. The van der Waals surface area contributed by atoms with Crippen LogP contribution < -0.4 is 20.1 Å². The summed E-state index contributed by atoms with van der Waals surface area (Å²) in [6, 6.07) is 28.1. The summed E-state index contributed by atoms with van der Waals surface area (Å²) in [5.41, 5.74) is 4.21. The van der Waals surface area contributed by atoms with Crippen molar-refractivity contribution in [3.8, 4) is 11.5 Å². The van der Waals surface area contributed by atoms with E-state index in [0.29, 0.717) is 6.54 Å². The first kappa shape index (κ1) is 23.3. The van der Waals surface area contributed by atoms with Gasteiger partial charge in [0.1, 0.15) is 11.5 Å². The predicted molar refractivity (Wildman–Crippen MR) is 138 cm³/mol. The van der Waals surface area contributed by atoms with E-state index in [1.165, 1.54) is 5.56 Å². The van der Waals surface area contributed by atoms with Crippen molar-refractivity contribution < 1.29 is 14.3 Å². The summed E-state index contributed by atoms with van der Waals surface area (Å²) in [5, 5.41) is 8.68. The Morgan fingerprint density at radius 3 is 2.41 bits per heavy atom. The molecule has 0 aromatic heterocycles. The van der Waals surface area contributed by atoms with Gasteiger partial charge in [-0.2, -0.15) is 0 Å². The van der Waals surface area contributed by atoms with Crippen molar-refractivity contribution in [1.82, 2.24) is 5.32 Å². The monoisotopic (exact) mass is 454 g/mol. The van der Waals surface area contributed by atoms with E-state index in [-0.39, 0.29) is 12.5 Å². The fourth-order valence-electron chi connectivity index (χ4n) is 3.85. The van der Waals surface area contributed by atoms with E-state index in [9.17, 15) is 4.79 Å². The zero-order valence-electron chi connectivity index (χ0n) is 19.6. The van der Waals surface area contributed by atoms with Crippen LogP contribution in [0.4, 0.5) is 5.69 Å². The molecule has 0 aliphatic heterocycles. The number of amides is 1. The lowest BCUT2D eigenvalue weighted by molar-refractivity contribution is -0.118. The van der Waals surface area contributed by atoms with Crippen molar-refractivity contribution in [2.75, 3.05) is 25.6 Å². The van der Waals surface area contributed by atoms with Crippen molar-refractivity contribution >= 4 is 22.4 Å². The van der Waals surface area contributed by atoms with Crippen LogP contribution in [0, 0.1) is 6.92 Å². The van der Waals surface area contributed by atoms with Gasteiger partial charge >= 0.3 is 0 Å². The van der Waals surface area contributed by atoms with Crippen LogP contribution in [0.2, 0.25) is 0 Å². The molecular formula is C29H30N2O3. The number of carbonyl (C=O) groups excluding carboxylic acids is 1. The quantitative estimate of drug-likeness (QED) is 0.310. The lowest BCUT2D eigenvalue weighted by Gasteiger charge is -2.15. The topological polar surface area (TPSA) is 59.6 Å². The number of benzene rings is 4. The number of anilines is 1. The van der Waals surface area contributed by atoms with E-state index in [1.54, 1.807) is 7.11 Å². The van der Waals surface area contributed by atoms with Gasteiger partial charge in [-0.05, 0) is 66.6 Å². The molecule has 0 unspecified atom stereocenters. The molecule has 0 saturated carbocycles. The van der Waals surface area contributed by atoms with Crippen LogP contribution >= 0.6 is 0 Å². The number of methoxy groups -OCH3 is 1. The van der Waals surface area contributed by atoms with E-state index in [4.69, 9.17) is 9.47 Å². The highest BCUT2D eigenvalue weighted by Gasteiger charge is 2.11. The largest absolute Gasteiger partial charge is 0.497 e. The average Bonchev–Trinajstić information content (AvgIpc) is 2.87. The van der Waals surface area contributed by atoms with Crippen LogP contribution in [0.3, 0.4) is 0 Å². The molecule has 0 saturated heterocycles. The third-order valence-corrected chi connectivity index (χ3v) is 5.74. The Kier molecular flexibility index (Phi) is 7.79. The van der Waals surface area contributed by atoms with Crippen molar-refractivity contribution in [3.63, 3.8) is 0 Å². The van der Waals surface area contributed by atoms with Gasteiger partial charge in [0.15, 0.2) is 6.61 Å². The van der Waals surface area contributed by atoms with Crippen molar-refractivity contribution in [2.24, 2.45) is 0 Å². The lowest BCUT2D eigenvalue weighted by Crippen LogP contribution is -2.22. The average molecular weight is 455 g/mol. The SMILES string of the molecule is COc1ccc(CCNCc2c(OCC(=O)Nc3ccc(C)cc3)ccc3ccccc23)cc1. The van der Waals surface area contributed by atoms with Crippen molar-refractivity contribution in [3.05, 3.63) is 102 Å². The predicted octanol–water partition coefficient (Wildman–Crippen LogP) is 5.51. The van der Waals surface area contributed by atoms with Gasteiger partial charge < -0.3 is 20.1 Å². The van der Waals surface area contributed by atoms with Crippen LogP contribution in [0.5, 0.6) is 11.5 Å². The van der Waals surface area contributed by atoms with Gasteiger partial charge in [0.25, 0.3) is 5.91 Å². The van der Waals surface area contributed by atoms with Gasteiger partial charge in [0.05, 0.1) is 7.11 Å². The minimum absolute atomic E-state index is 0.0505. The molecule has 4 aromatic rings. The number of fused-ring (bicyclic) bond motifs is 1. The normalized spacial score (nSPS) is 10.8. The molecule has 0 atom stereocenters. The van der Waals surface area contributed by atoms with Crippen LogP contribution in [0.1, 0.15) is 16.7 Å². The molecule has 174 valence electrons. The molecule has 0 aliphatic rings. The summed E-state index contributed by atoms with van der Waals surface area (Å²) in [5.74, 6) is 1.39. The first-order valence-corrected chi connectivity index (χ1v) is 11.5. The van der Waals surface area contributed by atoms with Crippen LogP contribution in [0.25, 0.3) is 10.8 Å². The molecule has 0 radical (unpaired) electrons. The van der Waals surface area contributed by atoms with E-state index in [2.05, 4.69) is 34.9 Å². The summed E-state index contributed by atoms with van der Waals surface area (Å²) in [6.45, 7) is 3.43. The standard InChI is InChI=1S/C29H30N2O3/c1-21-7-12-24(13-8-21)31-29(32)20-34-28-16-11-23-5-3-4-6-26(23)27(28)19-30-18-17-22-9-14-25(33-2)15-10-22/h3-16,30H,17-20H2,1-2H3,(H,31,32). The van der Waals surface area contributed by atoms with E-state index >= 15 is 0 Å². The summed E-state index contributed by atoms with van der Waals surface area (Å²) < 4.78 is 11.2. The number of hydrogen-bond donors (Lipinski definition) is 2. The van der Waals surface area contributed by atoms with Gasteiger partial charge in [-0.15, -0.1) is 0 Å². The Morgan fingerprint density at radius 2 is 1.65 bits per heavy atom. The third-order valence-electron chi connectivity index (χ3n) is 5.74. The van der Waals surface area contributed by atoms with Crippen molar-refractivity contribution in [2.45, 2.75) is 19.9 Å². The maximum atomic E-state index is 12.4. The van der Waals surface area contributed by atoms with Crippen molar-refractivity contribution in [1.29, 1.82) is 0 Å². The second-order valence-corrected chi connectivity index (χ2v) is 8.24. The molecule has 0 fully saturated rings. The van der Waals surface area contributed by atoms with Gasteiger partial charge in [-0.3, -0.25) is 4.79 Å². The minimum Gasteiger partial charge on any atom is -0.497 e. The van der Waals surface area contributed by atoms with Gasteiger partial charge in [-0.1, -0.05) is 60.2 Å². The summed E-state index contributed by atoms with van der Waals surface area (Å²) >= 11 is 0. The maximum absolute atomic E-state index is 12.4. The molecule has 5 nitrogen and oxygen atoms in total. The molecule has 0 heterocycles. The van der Waals surface area contributed by atoms with E-state index in [0.717, 1.165) is 52.1 Å². The lowest BCUT2D eigenvalue weighted by atomic mass is 10.0. The molecule has 2 N–H and O–H groups in total. The fraction of sp³-hybridized carbons (Fsp3) is 0.207. The fourth-order valence-corrected chi connectivity index (χ4v) is 3.85. The first-order valence-electron chi connectivity index (χ1n) is 11.5. The highest BCUT2D eigenvalue weighted by molar-refractivity contribution is 5.92.